The molecule has 9 heteroatoms. The van der Waals surface area contributed by atoms with Crippen LogP contribution in [0.5, 0.6) is 11.5 Å². The fourth-order valence-corrected chi connectivity index (χ4v) is 3.68. The zero-order valence-corrected chi connectivity index (χ0v) is 19.0. The highest BCUT2D eigenvalue weighted by atomic mass is 16.6. The number of carbonyl (C=O) groups is 1. The Hall–Kier alpha value is -4.92. The van der Waals surface area contributed by atoms with Crippen molar-refractivity contribution in [2.75, 3.05) is 7.11 Å². The number of nitro groups is 1. The van der Waals surface area contributed by atoms with E-state index in [2.05, 4.69) is 21.2 Å². The van der Waals surface area contributed by atoms with Gasteiger partial charge < -0.3 is 14.4 Å². The summed E-state index contributed by atoms with van der Waals surface area (Å²) >= 11 is 0. The summed E-state index contributed by atoms with van der Waals surface area (Å²) < 4.78 is 7.06. The number of phenols is 1. The number of hydrogen-bond acceptors (Lipinski definition) is 6. The van der Waals surface area contributed by atoms with Crippen molar-refractivity contribution < 1.29 is 19.6 Å². The molecule has 1 aromatic heterocycles. The van der Waals surface area contributed by atoms with Crippen molar-refractivity contribution in [3.05, 3.63) is 106 Å². The van der Waals surface area contributed by atoms with Crippen molar-refractivity contribution in [2.24, 2.45) is 5.10 Å². The molecule has 4 aromatic rings. The molecule has 0 aliphatic heterocycles. The highest BCUT2D eigenvalue weighted by molar-refractivity contribution is 5.95. The number of benzene rings is 3. The molecule has 1 heterocycles. The maximum Gasteiger partial charge on any atom is 0.274 e. The highest BCUT2D eigenvalue weighted by Gasteiger charge is 2.16. The quantitative estimate of drug-likeness (QED) is 0.228. The van der Waals surface area contributed by atoms with Crippen molar-refractivity contribution in [1.82, 2.24) is 9.99 Å². The van der Waals surface area contributed by atoms with Gasteiger partial charge in [0, 0.05) is 28.6 Å². The highest BCUT2D eigenvalue weighted by Crippen LogP contribution is 2.33. The lowest BCUT2D eigenvalue weighted by Crippen LogP contribution is -2.17. The fourth-order valence-electron chi connectivity index (χ4n) is 3.68. The third kappa shape index (κ3) is 4.88. The minimum absolute atomic E-state index is 0.0308. The van der Waals surface area contributed by atoms with Crippen LogP contribution >= 0.6 is 0 Å². The molecule has 0 saturated carbocycles. The molecular weight excluding hydrogens is 448 g/mol. The second kappa shape index (κ2) is 9.92. The second-order valence-corrected chi connectivity index (χ2v) is 7.65. The summed E-state index contributed by atoms with van der Waals surface area (Å²) in [5.74, 6) is -0.869. The first-order chi connectivity index (χ1) is 16.9. The Morgan fingerprint density at radius 3 is 2.46 bits per heavy atom. The van der Waals surface area contributed by atoms with Crippen molar-refractivity contribution in [3.63, 3.8) is 0 Å². The van der Waals surface area contributed by atoms with Crippen molar-refractivity contribution in [3.8, 4) is 28.4 Å². The predicted molar refractivity (Wildman–Crippen MR) is 132 cm³/mol. The van der Waals surface area contributed by atoms with Gasteiger partial charge in [0.05, 0.1) is 30.0 Å². The topological polar surface area (TPSA) is 119 Å². The summed E-state index contributed by atoms with van der Waals surface area (Å²) in [6, 6.07) is 23.4. The molecule has 0 saturated heterocycles. The fraction of sp³-hybridized carbons (Fsp3) is 0.0769. The normalized spacial score (nSPS) is 10.9. The van der Waals surface area contributed by atoms with Gasteiger partial charge in [-0.05, 0) is 48.9 Å². The van der Waals surface area contributed by atoms with Crippen molar-refractivity contribution >= 4 is 17.8 Å². The first kappa shape index (κ1) is 23.2. The predicted octanol–water partition coefficient (Wildman–Crippen LogP) is 4.84. The molecule has 0 aliphatic carbocycles. The van der Waals surface area contributed by atoms with E-state index in [0.717, 1.165) is 41.0 Å². The first-order valence-corrected chi connectivity index (χ1v) is 10.6. The SMILES string of the molecule is COc1cc([N+](=O)[O-])cc(/C=N/NC(=O)c2ccc(-n3c(C)ccc3-c3ccccc3)cc2)c1O. The largest absolute Gasteiger partial charge is 0.504 e. The standard InChI is InChI=1S/C26H22N4O5/c1-17-8-13-23(18-6-4-3-5-7-18)29(17)21-11-9-19(10-12-21)26(32)28-27-16-20-14-22(30(33)34)15-24(35-2)25(20)31/h3-16,31H,1-2H3,(H,28,32)/b27-16+. The summed E-state index contributed by atoms with van der Waals surface area (Å²) in [5, 5.41) is 25.1. The van der Waals surface area contributed by atoms with Crippen LogP contribution in [-0.2, 0) is 0 Å². The van der Waals surface area contributed by atoms with Crippen LogP contribution in [0.15, 0.2) is 84.0 Å². The number of nitro benzene ring substituents is 1. The number of hydrogen-bond donors (Lipinski definition) is 2. The molecule has 176 valence electrons. The Labute approximate surface area is 201 Å². The van der Waals surface area contributed by atoms with Crippen LogP contribution in [0, 0.1) is 17.0 Å². The van der Waals surface area contributed by atoms with E-state index in [1.807, 2.05) is 55.5 Å². The van der Waals surface area contributed by atoms with Gasteiger partial charge in [-0.25, -0.2) is 5.43 Å². The minimum atomic E-state index is -0.616. The molecule has 35 heavy (non-hydrogen) atoms. The average molecular weight is 470 g/mol. The van der Waals surface area contributed by atoms with Gasteiger partial charge >= 0.3 is 0 Å². The van der Waals surface area contributed by atoms with Crippen LogP contribution in [0.25, 0.3) is 16.9 Å². The first-order valence-electron chi connectivity index (χ1n) is 10.6. The molecule has 0 aliphatic rings. The van der Waals surface area contributed by atoms with Gasteiger partial charge in [-0.2, -0.15) is 5.10 Å². The van der Waals surface area contributed by atoms with Gasteiger partial charge in [0.1, 0.15) is 0 Å². The van der Waals surface area contributed by atoms with E-state index in [-0.39, 0.29) is 22.7 Å². The van der Waals surface area contributed by atoms with Crippen LogP contribution in [-0.4, -0.2) is 33.8 Å². The molecule has 0 atom stereocenters. The molecule has 9 nitrogen and oxygen atoms in total. The maximum atomic E-state index is 12.5. The van der Waals surface area contributed by atoms with Crippen LogP contribution in [0.2, 0.25) is 0 Å². The lowest BCUT2D eigenvalue weighted by Gasteiger charge is -2.12. The number of non-ortho nitro benzene ring substituents is 1. The van der Waals surface area contributed by atoms with Gasteiger partial charge in [0.2, 0.25) is 0 Å². The summed E-state index contributed by atoms with van der Waals surface area (Å²) in [4.78, 5) is 23.0. The number of methoxy groups -OCH3 is 1. The van der Waals surface area contributed by atoms with E-state index >= 15 is 0 Å². The van der Waals surface area contributed by atoms with E-state index in [0.29, 0.717) is 5.56 Å². The monoisotopic (exact) mass is 470 g/mol. The van der Waals surface area contributed by atoms with Gasteiger partial charge in [0.15, 0.2) is 11.5 Å². The summed E-state index contributed by atoms with van der Waals surface area (Å²) in [7, 11) is 1.28. The molecule has 0 spiro atoms. The zero-order valence-electron chi connectivity index (χ0n) is 19.0. The van der Waals surface area contributed by atoms with E-state index in [1.165, 1.54) is 7.11 Å². The molecule has 0 fully saturated rings. The summed E-state index contributed by atoms with van der Waals surface area (Å²) in [5.41, 5.74) is 6.57. The number of hydrazone groups is 1. The van der Waals surface area contributed by atoms with Crippen LogP contribution in [0.1, 0.15) is 21.6 Å². The van der Waals surface area contributed by atoms with Crippen LogP contribution < -0.4 is 10.2 Å². The van der Waals surface area contributed by atoms with Crippen LogP contribution in [0.3, 0.4) is 0 Å². The van der Waals surface area contributed by atoms with E-state index in [4.69, 9.17) is 4.74 Å². The lowest BCUT2D eigenvalue weighted by atomic mass is 10.1. The number of ether oxygens (including phenoxy) is 1. The maximum absolute atomic E-state index is 12.5. The Morgan fingerprint density at radius 2 is 1.80 bits per heavy atom. The van der Waals surface area contributed by atoms with E-state index in [9.17, 15) is 20.0 Å². The molecule has 1 amide bonds. The molecule has 2 N–H and O–H groups in total. The minimum Gasteiger partial charge on any atom is -0.504 e. The van der Waals surface area contributed by atoms with E-state index in [1.54, 1.807) is 12.1 Å². The number of aromatic nitrogens is 1. The molecule has 0 radical (unpaired) electrons. The molecular formula is C26H22N4O5. The molecule has 0 unspecified atom stereocenters. The number of amides is 1. The van der Waals surface area contributed by atoms with Gasteiger partial charge in [-0.3, -0.25) is 14.9 Å². The van der Waals surface area contributed by atoms with Crippen molar-refractivity contribution in [2.45, 2.75) is 6.92 Å². The number of aromatic hydroxyl groups is 1. The number of rotatable bonds is 7. The molecule has 0 bridgehead atoms. The number of aryl methyl sites for hydroxylation is 1. The number of nitrogens with one attached hydrogen (secondary N) is 1. The number of phenolic OH excluding ortho intramolecular Hbond substituents is 1. The Kier molecular flexibility index (Phi) is 6.59. The Balaban J connectivity index is 1.52. The summed E-state index contributed by atoms with van der Waals surface area (Å²) in [6.07, 6.45) is 1.12. The lowest BCUT2D eigenvalue weighted by molar-refractivity contribution is -0.385. The van der Waals surface area contributed by atoms with Gasteiger partial charge in [-0.15, -0.1) is 0 Å². The second-order valence-electron chi connectivity index (χ2n) is 7.65. The van der Waals surface area contributed by atoms with E-state index < -0.39 is 10.8 Å². The molecule has 4 rings (SSSR count). The average Bonchev–Trinajstić information content (AvgIpc) is 3.26. The smallest absolute Gasteiger partial charge is 0.274 e. The Morgan fingerprint density at radius 1 is 1.09 bits per heavy atom. The summed E-state index contributed by atoms with van der Waals surface area (Å²) in [6.45, 7) is 2.01. The molecule has 3 aromatic carbocycles. The third-order valence-corrected chi connectivity index (χ3v) is 5.42. The number of carbonyl (C=O) groups excluding carboxylic acids is 1. The van der Waals surface area contributed by atoms with Gasteiger partial charge in [-0.1, -0.05) is 30.3 Å². The zero-order chi connectivity index (χ0) is 24.9. The van der Waals surface area contributed by atoms with Crippen LogP contribution in [0.4, 0.5) is 5.69 Å². The van der Waals surface area contributed by atoms with Gasteiger partial charge in [0.25, 0.3) is 11.6 Å². The van der Waals surface area contributed by atoms with Crippen molar-refractivity contribution in [1.29, 1.82) is 0 Å². The Bertz CT molecular complexity index is 1410. The number of nitrogens with zero attached hydrogens (tertiary/aromatic N) is 3. The third-order valence-electron chi connectivity index (χ3n) is 5.42.